The summed E-state index contributed by atoms with van der Waals surface area (Å²) in [6.07, 6.45) is 5.02. The standard InChI is InChI=1S/C12H23NO/c1-10-4-6-12(7-5-10)13-8-11(2,3)9-14-12/h10,13H,4-9H2,1-3H3. The van der Waals surface area contributed by atoms with Gasteiger partial charge in [-0.15, -0.1) is 0 Å². The van der Waals surface area contributed by atoms with Crippen molar-refractivity contribution in [1.29, 1.82) is 0 Å². The highest BCUT2D eigenvalue weighted by atomic mass is 16.5. The van der Waals surface area contributed by atoms with E-state index in [0.29, 0.717) is 5.41 Å². The van der Waals surface area contributed by atoms with E-state index < -0.39 is 0 Å². The fraction of sp³-hybridized carbons (Fsp3) is 1.00. The SMILES string of the molecule is CC1CCC2(CC1)NCC(C)(C)CO2. The molecular formula is C12H23NO. The molecule has 82 valence electrons. The molecule has 1 N–H and O–H groups in total. The fourth-order valence-electron chi connectivity index (χ4n) is 2.39. The molecule has 1 aliphatic heterocycles. The molecule has 0 aromatic heterocycles. The Kier molecular flexibility index (Phi) is 2.61. The molecule has 0 amide bonds. The van der Waals surface area contributed by atoms with Gasteiger partial charge in [-0.25, -0.2) is 0 Å². The van der Waals surface area contributed by atoms with Crippen LogP contribution in [0.5, 0.6) is 0 Å². The van der Waals surface area contributed by atoms with Gasteiger partial charge < -0.3 is 4.74 Å². The van der Waals surface area contributed by atoms with Crippen molar-refractivity contribution < 1.29 is 4.74 Å². The Morgan fingerprint density at radius 2 is 1.86 bits per heavy atom. The van der Waals surface area contributed by atoms with E-state index in [2.05, 4.69) is 26.1 Å². The minimum atomic E-state index is 0.0437. The van der Waals surface area contributed by atoms with Crippen LogP contribution in [0.3, 0.4) is 0 Å². The maximum absolute atomic E-state index is 6.06. The van der Waals surface area contributed by atoms with Gasteiger partial charge in [-0.05, 0) is 31.6 Å². The number of hydrogen-bond donors (Lipinski definition) is 1. The molecule has 2 heteroatoms. The zero-order valence-electron chi connectivity index (χ0n) is 9.73. The molecule has 0 atom stereocenters. The summed E-state index contributed by atoms with van der Waals surface area (Å²) >= 11 is 0. The molecule has 2 aliphatic rings. The minimum Gasteiger partial charge on any atom is -0.360 e. The highest BCUT2D eigenvalue weighted by Crippen LogP contribution is 2.36. The average Bonchev–Trinajstić information content (AvgIpc) is 2.16. The summed E-state index contributed by atoms with van der Waals surface area (Å²) in [6, 6.07) is 0. The molecule has 2 nitrogen and oxygen atoms in total. The molecule has 0 bridgehead atoms. The van der Waals surface area contributed by atoms with Crippen LogP contribution in [0.25, 0.3) is 0 Å². The van der Waals surface area contributed by atoms with E-state index >= 15 is 0 Å². The second kappa shape index (κ2) is 3.49. The predicted octanol–water partition coefficient (Wildman–Crippen LogP) is 2.54. The van der Waals surface area contributed by atoms with Crippen molar-refractivity contribution in [3.63, 3.8) is 0 Å². The monoisotopic (exact) mass is 197 g/mol. The van der Waals surface area contributed by atoms with Gasteiger partial charge in [-0.3, -0.25) is 5.32 Å². The van der Waals surface area contributed by atoms with Gasteiger partial charge >= 0.3 is 0 Å². The lowest BCUT2D eigenvalue weighted by Crippen LogP contribution is -2.58. The van der Waals surface area contributed by atoms with Gasteiger partial charge in [-0.2, -0.15) is 0 Å². The molecule has 1 saturated carbocycles. The third-order valence-corrected chi connectivity index (χ3v) is 3.71. The van der Waals surface area contributed by atoms with E-state index in [9.17, 15) is 0 Å². The van der Waals surface area contributed by atoms with E-state index in [-0.39, 0.29) is 5.72 Å². The fourth-order valence-corrected chi connectivity index (χ4v) is 2.39. The Morgan fingerprint density at radius 1 is 1.21 bits per heavy atom. The number of nitrogens with one attached hydrogen (secondary N) is 1. The first-order chi connectivity index (χ1) is 6.52. The van der Waals surface area contributed by atoms with Crippen LogP contribution in [0.1, 0.15) is 46.5 Å². The molecule has 1 heterocycles. The summed E-state index contributed by atoms with van der Waals surface area (Å²) in [6.45, 7) is 8.88. The first kappa shape index (κ1) is 10.4. The van der Waals surface area contributed by atoms with Crippen LogP contribution in [-0.2, 0) is 4.74 Å². The third kappa shape index (κ3) is 2.12. The molecule has 14 heavy (non-hydrogen) atoms. The van der Waals surface area contributed by atoms with Crippen LogP contribution >= 0.6 is 0 Å². The smallest absolute Gasteiger partial charge is 0.119 e. The Morgan fingerprint density at radius 3 is 2.36 bits per heavy atom. The van der Waals surface area contributed by atoms with Crippen LogP contribution < -0.4 is 5.32 Å². The van der Waals surface area contributed by atoms with Crippen LogP contribution in [0.2, 0.25) is 0 Å². The zero-order valence-corrected chi connectivity index (χ0v) is 9.73. The van der Waals surface area contributed by atoms with E-state index in [1.54, 1.807) is 0 Å². The molecule has 1 aliphatic carbocycles. The van der Waals surface area contributed by atoms with Crippen LogP contribution in [-0.4, -0.2) is 18.9 Å². The van der Waals surface area contributed by atoms with Gasteiger partial charge in [0.1, 0.15) is 5.72 Å². The highest BCUT2D eigenvalue weighted by Gasteiger charge is 2.40. The van der Waals surface area contributed by atoms with Crippen LogP contribution in [0.15, 0.2) is 0 Å². The van der Waals surface area contributed by atoms with Crippen molar-refractivity contribution in [2.75, 3.05) is 13.2 Å². The summed E-state index contributed by atoms with van der Waals surface area (Å²) in [7, 11) is 0. The van der Waals surface area contributed by atoms with Crippen molar-refractivity contribution in [3.8, 4) is 0 Å². The molecule has 1 spiro atoms. The van der Waals surface area contributed by atoms with Gasteiger partial charge in [0.15, 0.2) is 0 Å². The zero-order chi connectivity index (χ0) is 10.2. The summed E-state index contributed by atoms with van der Waals surface area (Å²) in [4.78, 5) is 0. The molecule has 2 rings (SSSR count). The molecule has 0 radical (unpaired) electrons. The topological polar surface area (TPSA) is 21.3 Å². The molecule has 0 aromatic rings. The number of hydrogen-bond acceptors (Lipinski definition) is 2. The first-order valence-electron chi connectivity index (χ1n) is 5.90. The molecule has 0 aromatic carbocycles. The van der Waals surface area contributed by atoms with E-state index in [1.807, 2.05) is 0 Å². The average molecular weight is 197 g/mol. The van der Waals surface area contributed by atoms with Crippen molar-refractivity contribution in [2.45, 2.75) is 52.2 Å². The van der Waals surface area contributed by atoms with E-state index in [4.69, 9.17) is 4.74 Å². The second-order valence-electron chi connectivity index (χ2n) is 5.98. The predicted molar refractivity (Wildman–Crippen MR) is 58.1 cm³/mol. The lowest BCUT2D eigenvalue weighted by atomic mass is 9.82. The molecule has 0 unspecified atom stereocenters. The van der Waals surface area contributed by atoms with Gasteiger partial charge in [0.2, 0.25) is 0 Å². The summed E-state index contributed by atoms with van der Waals surface area (Å²) in [5.74, 6) is 0.890. The minimum absolute atomic E-state index is 0.0437. The highest BCUT2D eigenvalue weighted by molar-refractivity contribution is 4.90. The van der Waals surface area contributed by atoms with Crippen LogP contribution in [0.4, 0.5) is 0 Å². The second-order valence-corrected chi connectivity index (χ2v) is 5.98. The lowest BCUT2D eigenvalue weighted by molar-refractivity contribution is -0.157. The van der Waals surface area contributed by atoms with Gasteiger partial charge in [0.25, 0.3) is 0 Å². The first-order valence-corrected chi connectivity index (χ1v) is 5.90. The lowest BCUT2D eigenvalue weighted by Gasteiger charge is -2.47. The Balaban J connectivity index is 1.93. The summed E-state index contributed by atoms with van der Waals surface area (Å²) in [5, 5.41) is 3.62. The largest absolute Gasteiger partial charge is 0.360 e. The Hall–Kier alpha value is -0.0800. The number of ether oxygens (including phenoxy) is 1. The maximum Gasteiger partial charge on any atom is 0.119 e. The third-order valence-electron chi connectivity index (χ3n) is 3.71. The normalized spacial score (nSPS) is 42.6. The van der Waals surface area contributed by atoms with Crippen molar-refractivity contribution >= 4 is 0 Å². The maximum atomic E-state index is 6.06. The summed E-state index contributed by atoms with van der Waals surface area (Å²) in [5.41, 5.74) is 0.357. The van der Waals surface area contributed by atoms with Crippen LogP contribution in [0, 0.1) is 11.3 Å². The van der Waals surface area contributed by atoms with E-state index in [1.165, 1.54) is 25.7 Å². The van der Waals surface area contributed by atoms with Crippen molar-refractivity contribution in [2.24, 2.45) is 11.3 Å². The Labute approximate surface area is 87.4 Å². The number of rotatable bonds is 0. The van der Waals surface area contributed by atoms with Crippen molar-refractivity contribution in [1.82, 2.24) is 5.32 Å². The van der Waals surface area contributed by atoms with Gasteiger partial charge in [-0.1, -0.05) is 20.8 Å². The molecule has 1 saturated heterocycles. The molecule has 2 fully saturated rings. The molecular weight excluding hydrogens is 174 g/mol. The van der Waals surface area contributed by atoms with Gasteiger partial charge in [0, 0.05) is 12.0 Å². The Bertz CT molecular complexity index is 192. The van der Waals surface area contributed by atoms with Gasteiger partial charge in [0.05, 0.1) is 6.61 Å². The quantitative estimate of drug-likeness (QED) is 0.644. The van der Waals surface area contributed by atoms with E-state index in [0.717, 1.165) is 19.1 Å². The summed E-state index contributed by atoms with van der Waals surface area (Å²) < 4.78 is 6.06. The van der Waals surface area contributed by atoms with Crippen molar-refractivity contribution in [3.05, 3.63) is 0 Å².